The summed E-state index contributed by atoms with van der Waals surface area (Å²) in [6, 6.07) is 10.4. The van der Waals surface area contributed by atoms with Crippen molar-refractivity contribution in [3.63, 3.8) is 0 Å². The molecule has 1 unspecified atom stereocenters. The van der Waals surface area contributed by atoms with Crippen molar-refractivity contribution in [1.82, 2.24) is 5.32 Å². The summed E-state index contributed by atoms with van der Waals surface area (Å²) in [5.74, 6) is 0.122. The Bertz CT molecular complexity index is 415. The molecule has 1 N–H and O–H groups in total. The quantitative estimate of drug-likeness (QED) is 0.875. The fraction of sp³-hybridized carbons (Fsp3) is 0.588. The fourth-order valence-corrected chi connectivity index (χ4v) is 1.90. The third-order valence-electron chi connectivity index (χ3n) is 3.83. The maximum Gasteiger partial charge on any atom is 0.221 e. The lowest BCUT2D eigenvalue weighted by Crippen LogP contribution is -2.43. The van der Waals surface area contributed by atoms with Gasteiger partial charge in [0.15, 0.2) is 0 Å². The monoisotopic (exact) mass is 261 g/mol. The van der Waals surface area contributed by atoms with Gasteiger partial charge in [0.05, 0.1) is 0 Å². The van der Waals surface area contributed by atoms with Crippen LogP contribution in [0, 0.1) is 5.41 Å². The lowest BCUT2D eigenvalue weighted by atomic mass is 9.81. The van der Waals surface area contributed by atoms with Gasteiger partial charge in [-0.1, -0.05) is 65.0 Å². The molecule has 19 heavy (non-hydrogen) atoms. The molecule has 0 spiro atoms. The molecular formula is C17H27NO. The summed E-state index contributed by atoms with van der Waals surface area (Å²) in [5, 5.41) is 3.11. The summed E-state index contributed by atoms with van der Waals surface area (Å²) < 4.78 is 0. The summed E-state index contributed by atoms with van der Waals surface area (Å²) in [7, 11) is 0. The molecule has 1 aromatic rings. The lowest BCUT2D eigenvalue weighted by Gasteiger charge is -2.30. The first kappa shape index (κ1) is 15.7. The normalized spacial score (nSPS) is 14.0. The number of carbonyl (C=O) groups excluding carboxylic acids is 1. The van der Waals surface area contributed by atoms with E-state index in [9.17, 15) is 4.79 Å². The molecule has 0 fully saturated rings. The number of nitrogens with one attached hydrogen (secondary N) is 1. The predicted molar refractivity (Wildman–Crippen MR) is 81.1 cm³/mol. The zero-order valence-electron chi connectivity index (χ0n) is 13.1. The number of hydrogen-bond acceptors (Lipinski definition) is 1. The third-order valence-corrected chi connectivity index (χ3v) is 3.83. The van der Waals surface area contributed by atoms with E-state index in [1.807, 2.05) is 18.2 Å². The first-order valence-electron chi connectivity index (χ1n) is 6.98. The number of rotatable bonds is 4. The second kappa shape index (κ2) is 5.77. The highest BCUT2D eigenvalue weighted by Gasteiger charge is 2.27. The molecule has 0 saturated heterocycles. The Morgan fingerprint density at radius 1 is 1.11 bits per heavy atom. The van der Waals surface area contributed by atoms with Gasteiger partial charge in [0.1, 0.15) is 0 Å². The minimum absolute atomic E-state index is 0.0898. The van der Waals surface area contributed by atoms with Crippen molar-refractivity contribution < 1.29 is 4.79 Å². The van der Waals surface area contributed by atoms with Crippen LogP contribution in [0.5, 0.6) is 0 Å². The highest BCUT2D eigenvalue weighted by atomic mass is 16.1. The molecule has 0 aliphatic carbocycles. The van der Waals surface area contributed by atoms with E-state index in [0.29, 0.717) is 6.42 Å². The van der Waals surface area contributed by atoms with Crippen molar-refractivity contribution in [2.24, 2.45) is 5.41 Å². The summed E-state index contributed by atoms with van der Waals surface area (Å²) in [4.78, 5) is 12.2. The highest BCUT2D eigenvalue weighted by Crippen LogP contribution is 2.27. The van der Waals surface area contributed by atoms with Gasteiger partial charge >= 0.3 is 0 Å². The SMILES string of the molecule is CC(NC(=O)CC(C)(C)c1ccccc1)C(C)(C)C. The Morgan fingerprint density at radius 3 is 2.11 bits per heavy atom. The maximum atomic E-state index is 12.2. The van der Waals surface area contributed by atoms with Crippen molar-refractivity contribution in [2.75, 3.05) is 0 Å². The number of carbonyl (C=O) groups is 1. The van der Waals surface area contributed by atoms with E-state index in [1.54, 1.807) is 0 Å². The number of hydrogen-bond donors (Lipinski definition) is 1. The van der Waals surface area contributed by atoms with Crippen molar-refractivity contribution in [1.29, 1.82) is 0 Å². The molecule has 1 aromatic carbocycles. The Kier molecular flexibility index (Phi) is 4.78. The molecule has 1 amide bonds. The van der Waals surface area contributed by atoms with E-state index in [2.05, 4.69) is 59.0 Å². The topological polar surface area (TPSA) is 29.1 Å². The average Bonchev–Trinajstić information content (AvgIpc) is 2.28. The molecule has 0 aliphatic rings. The second-order valence-electron chi connectivity index (χ2n) is 7.08. The summed E-state index contributed by atoms with van der Waals surface area (Å²) in [6.07, 6.45) is 0.511. The van der Waals surface area contributed by atoms with Crippen LogP contribution in [0.15, 0.2) is 30.3 Å². The van der Waals surface area contributed by atoms with Crippen LogP contribution in [0.3, 0.4) is 0 Å². The fourth-order valence-electron chi connectivity index (χ4n) is 1.90. The van der Waals surface area contributed by atoms with Gasteiger partial charge in [-0.2, -0.15) is 0 Å². The summed E-state index contributed by atoms with van der Waals surface area (Å²) in [5.41, 5.74) is 1.16. The van der Waals surface area contributed by atoms with Crippen LogP contribution in [0.4, 0.5) is 0 Å². The van der Waals surface area contributed by atoms with Gasteiger partial charge in [0.25, 0.3) is 0 Å². The molecule has 0 bridgehead atoms. The second-order valence-corrected chi connectivity index (χ2v) is 7.08. The van der Waals surface area contributed by atoms with E-state index < -0.39 is 0 Å². The zero-order valence-corrected chi connectivity index (χ0v) is 13.1. The Labute approximate surface area is 117 Å². The van der Waals surface area contributed by atoms with Crippen LogP contribution in [0.1, 0.15) is 53.5 Å². The van der Waals surface area contributed by atoms with Gasteiger partial charge in [-0.25, -0.2) is 0 Å². The van der Waals surface area contributed by atoms with Crippen LogP contribution < -0.4 is 5.32 Å². The zero-order chi connectivity index (χ0) is 14.7. The van der Waals surface area contributed by atoms with Crippen molar-refractivity contribution in [3.8, 4) is 0 Å². The Hall–Kier alpha value is -1.31. The van der Waals surface area contributed by atoms with Crippen LogP contribution in [0.2, 0.25) is 0 Å². The molecule has 0 aromatic heterocycles. The van der Waals surface area contributed by atoms with Gasteiger partial charge in [-0.05, 0) is 23.3 Å². The maximum absolute atomic E-state index is 12.2. The predicted octanol–water partition coefficient (Wildman–Crippen LogP) is 3.91. The van der Waals surface area contributed by atoms with Gasteiger partial charge in [0, 0.05) is 12.5 Å². The smallest absolute Gasteiger partial charge is 0.221 e. The molecule has 0 saturated carbocycles. The Morgan fingerprint density at radius 2 is 1.63 bits per heavy atom. The minimum Gasteiger partial charge on any atom is -0.353 e. The largest absolute Gasteiger partial charge is 0.353 e. The molecule has 1 rings (SSSR count). The van der Waals surface area contributed by atoms with E-state index in [0.717, 1.165) is 0 Å². The van der Waals surface area contributed by atoms with Crippen LogP contribution in [-0.2, 0) is 10.2 Å². The molecule has 0 heterocycles. The van der Waals surface area contributed by atoms with E-state index >= 15 is 0 Å². The van der Waals surface area contributed by atoms with Crippen molar-refractivity contribution in [2.45, 2.75) is 59.4 Å². The minimum atomic E-state index is -0.136. The highest BCUT2D eigenvalue weighted by molar-refractivity contribution is 5.77. The summed E-state index contributed by atoms with van der Waals surface area (Å²) >= 11 is 0. The van der Waals surface area contributed by atoms with Crippen LogP contribution >= 0.6 is 0 Å². The summed E-state index contributed by atoms with van der Waals surface area (Å²) in [6.45, 7) is 12.7. The average molecular weight is 261 g/mol. The van der Waals surface area contributed by atoms with E-state index in [1.165, 1.54) is 5.56 Å². The van der Waals surface area contributed by atoms with Gasteiger partial charge in [0.2, 0.25) is 5.91 Å². The number of benzene rings is 1. The molecular weight excluding hydrogens is 234 g/mol. The van der Waals surface area contributed by atoms with E-state index in [4.69, 9.17) is 0 Å². The van der Waals surface area contributed by atoms with Gasteiger partial charge < -0.3 is 5.32 Å². The molecule has 0 radical (unpaired) electrons. The van der Waals surface area contributed by atoms with Crippen molar-refractivity contribution >= 4 is 5.91 Å². The van der Waals surface area contributed by atoms with Gasteiger partial charge in [-0.15, -0.1) is 0 Å². The molecule has 2 heteroatoms. The molecule has 106 valence electrons. The first-order valence-corrected chi connectivity index (χ1v) is 6.98. The molecule has 1 atom stereocenters. The standard InChI is InChI=1S/C17H27NO/c1-13(16(2,3)4)18-15(19)12-17(5,6)14-10-8-7-9-11-14/h7-11,13H,12H2,1-6H3,(H,18,19). The number of amides is 1. The molecule has 2 nitrogen and oxygen atoms in total. The van der Waals surface area contributed by atoms with E-state index in [-0.39, 0.29) is 22.8 Å². The van der Waals surface area contributed by atoms with Crippen LogP contribution in [0.25, 0.3) is 0 Å². The third kappa shape index (κ3) is 4.70. The van der Waals surface area contributed by atoms with Crippen LogP contribution in [-0.4, -0.2) is 11.9 Å². The lowest BCUT2D eigenvalue weighted by molar-refractivity contribution is -0.123. The Balaban J connectivity index is 2.67. The van der Waals surface area contributed by atoms with Crippen molar-refractivity contribution in [3.05, 3.63) is 35.9 Å². The first-order chi connectivity index (χ1) is 8.63. The van der Waals surface area contributed by atoms with Gasteiger partial charge in [-0.3, -0.25) is 4.79 Å². The molecule has 0 aliphatic heterocycles.